The minimum atomic E-state index is 0.510. The Balaban J connectivity index is 3.51. The SMILES string of the molecule is C=C(C#N)c1c(C)cc(OC)c(C)c1C. The largest absolute Gasteiger partial charge is 0.496 e. The average molecular weight is 201 g/mol. The van der Waals surface area contributed by atoms with E-state index in [1.54, 1.807) is 7.11 Å². The second kappa shape index (κ2) is 4.18. The van der Waals surface area contributed by atoms with Gasteiger partial charge in [0.15, 0.2) is 0 Å². The monoisotopic (exact) mass is 201 g/mol. The molecule has 0 spiro atoms. The molecule has 15 heavy (non-hydrogen) atoms. The Morgan fingerprint density at radius 2 is 1.93 bits per heavy atom. The van der Waals surface area contributed by atoms with Crippen LogP contribution in [-0.2, 0) is 0 Å². The Kier molecular flexibility index (Phi) is 3.16. The highest BCUT2D eigenvalue weighted by atomic mass is 16.5. The molecule has 1 rings (SSSR count). The molecule has 0 N–H and O–H groups in total. The number of hydrogen-bond acceptors (Lipinski definition) is 2. The smallest absolute Gasteiger partial charge is 0.122 e. The molecule has 0 atom stereocenters. The van der Waals surface area contributed by atoms with Crippen LogP contribution in [0.2, 0.25) is 0 Å². The van der Waals surface area contributed by atoms with E-state index in [1.807, 2.05) is 26.8 Å². The predicted octanol–water partition coefficient (Wildman–Crippen LogP) is 3.16. The number of ether oxygens (including phenoxy) is 1. The van der Waals surface area contributed by atoms with Crippen LogP contribution in [0.5, 0.6) is 5.75 Å². The van der Waals surface area contributed by atoms with Crippen molar-refractivity contribution in [3.63, 3.8) is 0 Å². The van der Waals surface area contributed by atoms with Gasteiger partial charge in [-0.25, -0.2) is 0 Å². The molecule has 0 aromatic heterocycles. The van der Waals surface area contributed by atoms with E-state index in [2.05, 4.69) is 12.6 Å². The second-order valence-corrected chi connectivity index (χ2v) is 3.61. The molecule has 1 aromatic carbocycles. The topological polar surface area (TPSA) is 33.0 Å². The molecule has 0 bridgehead atoms. The highest BCUT2D eigenvalue weighted by molar-refractivity contribution is 5.80. The molecule has 0 fully saturated rings. The standard InChI is InChI=1S/C13H15NO/c1-8-6-12(15-5)10(3)11(4)13(8)9(2)7-14/h6H,2H2,1,3-5H3. The fourth-order valence-electron chi connectivity index (χ4n) is 1.78. The molecule has 0 amide bonds. The summed E-state index contributed by atoms with van der Waals surface area (Å²) in [5, 5.41) is 8.87. The number of benzene rings is 1. The molecule has 1 aromatic rings. The zero-order chi connectivity index (χ0) is 11.6. The molecule has 0 aliphatic heterocycles. The fourth-order valence-corrected chi connectivity index (χ4v) is 1.78. The summed E-state index contributed by atoms with van der Waals surface area (Å²) in [7, 11) is 1.65. The maximum absolute atomic E-state index is 8.87. The molecule has 0 saturated heterocycles. The lowest BCUT2D eigenvalue weighted by Crippen LogP contribution is -1.98. The van der Waals surface area contributed by atoms with Crippen LogP contribution in [0.15, 0.2) is 12.6 Å². The number of hydrogen-bond donors (Lipinski definition) is 0. The van der Waals surface area contributed by atoms with Gasteiger partial charge < -0.3 is 4.74 Å². The first-order valence-corrected chi connectivity index (χ1v) is 4.77. The van der Waals surface area contributed by atoms with Crippen LogP contribution in [0.4, 0.5) is 0 Å². The Labute approximate surface area is 90.8 Å². The Bertz CT molecular complexity index is 453. The van der Waals surface area contributed by atoms with Crippen molar-refractivity contribution >= 4 is 5.57 Å². The summed E-state index contributed by atoms with van der Waals surface area (Å²) in [6.45, 7) is 9.70. The quantitative estimate of drug-likeness (QED) is 0.688. The van der Waals surface area contributed by atoms with E-state index in [4.69, 9.17) is 10.00 Å². The normalized spacial score (nSPS) is 9.53. The summed E-state index contributed by atoms with van der Waals surface area (Å²) in [6.07, 6.45) is 0. The molecule has 0 saturated carbocycles. The van der Waals surface area contributed by atoms with Crippen LogP contribution < -0.4 is 4.74 Å². The highest BCUT2D eigenvalue weighted by Gasteiger charge is 2.12. The van der Waals surface area contributed by atoms with Crippen LogP contribution in [0.3, 0.4) is 0 Å². The molecule has 78 valence electrons. The number of nitriles is 1. The van der Waals surface area contributed by atoms with E-state index in [1.165, 1.54) is 0 Å². The van der Waals surface area contributed by atoms with Crippen molar-refractivity contribution in [2.45, 2.75) is 20.8 Å². The van der Waals surface area contributed by atoms with Gasteiger partial charge in [0, 0.05) is 0 Å². The van der Waals surface area contributed by atoms with E-state index in [0.29, 0.717) is 5.57 Å². The lowest BCUT2D eigenvalue weighted by atomic mass is 9.93. The van der Waals surface area contributed by atoms with E-state index in [0.717, 1.165) is 28.0 Å². The van der Waals surface area contributed by atoms with Gasteiger partial charge in [0.1, 0.15) is 5.75 Å². The first-order chi connectivity index (χ1) is 7.02. The molecule has 0 heterocycles. The van der Waals surface area contributed by atoms with Crippen LogP contribution in [-0.4, -0.2) is 7.11 Å². The van der Waals surface area contributed by atoms with Gasteiger partial charge in [-0.3, -0.25) is 0 Å². The zero-order valence-corrected chi connectivity index (χ0v) is 9.64. The van der Waals surface area contributed by atoms with Gasteiger partial charge in [-0.05, 0) is 49.1 Å². The van der Waals surface area contributed by atoms with Crippen molar-refractivity contribution in [2.24, 2.45) is 0 Å². The lowest BCUT2D eigenvalue weighted by Gasteiger charge is -2.14. The molecule has 2 heteroatoms. The van der Waals surface area contributed by atoms with E-state index in [9.17, 15) is 0 Å². The van der Waals surface area contributed by atoms with Gasteiger partial charge in [0.2, 0.25) is 0 Å². The average Bonchev–Trinajstić information content (AvgIpc) is 2.23. The third-order valence-electron chi connectivity index (χ3n) is 2.71. The summed E-state index contributed by atoms with van der Waals surface area (Å²) in [4.78, 5) is 0. The van der Waals surface area contributed by atoms with Crippen LogP contribution >= 0.6 is 0 Å². The number of allylic oxidation sites excluding steroid dienone is 1. The predicted molar refractivity (Wildman–Crippen MR) is 61.9 cm³/mol. The van der Waals surface area contributed by atoms with Gasteiger partial charge in [-0.2, -0.15) is 5.26 Å². The van der Waals surface area contributed by atoms with Crippen LogP contribution in [0.1, 0.15) is 22.3 Å². The Morgan fingerprint density at radius 3 is 2.40 bits per heavy atom. The second-order valence-electron chi connectivity index (χ2n) is 3.61. The van der Waals surface area contributed by atoms with Crippen molar-refractivity contribution in [1.29, 1.82) is 5.26 Å². The maximum Gasteiger partial charge on any atom is 0.122 e. The maximum atomic E-state index is 8.87. The van der Waals surface area contributed by atoms with Gasteiger partial charge in [-0.15, -0.1) is 0 Å². The summed E-state index contributed by atoms with van der Waals surface area (Å²) in [5.74, 6) is 0.861. The summed E-state index contributed by atoms with van der Waals surface area (Å²) >= 11 is 0. The van der Waals surface area contributed by atoms with Gasteiger partial charge >= 0.3 is 0 Å². The van der Waals surface area contributed by atoms with Gasteiger partial charge in [0.25, 0.3) is 0 Å². The third-order valence-corrected chi connectivity index (χ3v) is 2.71. The first kappa shape index (κ1) is 11.3. The Morgan fingerprint density at radius 1 is 1.33 bits per heavy atom. The van der Waals surface area contributed by atoms with Gasteiger partial charge in [-0.1, -0.05) is 6.58 Å². The molecular formula is C13H15NO. The van der Waals surface area contributed by atoms with Gasteiger partial charge in [0.05, 0.1) is 18.8 Å². The zero-order valence-electron chi connectivity index (χ0n) is 9.64. The number of rotatable bonds is 2. The number of nitrogens with zero attached hydrogens (tertiary/aromatic N) is 1. The fraction of sp³-hybridized carbons (Fsp3) is 0.308. The minimum Gasteiger partial charge on any atom is -0.496 e. The highest BCUT2D eigenvalue weighted by Crippen LogP contribution is 2.30. The van der Waals surface area contributed by atoms with Crippen molar-refractivity contribution in [3.8, 4) is 11.8 Å². The summed E-state index contributed by atoms with van der Waals surface area (Å²) in [5.41, 5.74) is 4.61. The van der Waals surface area contributed by atoms with Crippen molar-refractivity contribution in [2.75, 3.05) is 7.11 Å². The van der Waals surface area contributed by atoms with Crippen molar-refractivity contribution < 1.29 is 4.74 Å². The number of methoxy groups -OCH3 is 1. The van der Waals surface area contributed by atoms with Crippen LogP contribution in [0.25, 0.3) is 5.57 Å². The molecular weight excluding hydrogens is 186 g/mol. The van der Waals surface area contributed by atoms with E-state index in [-0.39, 0.29) is 0 Å². The Hall–Kier alpha value is -1.75. The number of aryl methyl sites for hydroxylation is 1. The molecule has 0 unspecified atom stereocenters. The minimum absolute atomic E-state index is 0.510. The molecule has 2 nitrogen and oxygen atoms in total. The lowest BCUT2D eigenvalue weighted by molar-refractivity contribution is 0.411. The van der Waals surface area contributed by atoms with Crippen molar-refractivity contribution in [1.82, 2.24) is 0 Å². The van der Waals surface area contributed by atoms with Crippen LogP contribution in [0, 0.1) is 32.1 Å². The van der Waals surface area contributed by atoms with Crippen molar-refractivity contribution in [3.05, 3.63) is 34.9 Å². The summed E-state index contributed by atoms with van der Waals surface area (Å²) in [6, 6.07) is 4.04. The molecule has 0 radical (unpaired) electrons. The molecule has 0 aliphatic rings. The first-order valence-electron chi connectivity index (χ1n) is 4.77. The third kappa shape index (κ3) is 1.87. The summed E-state index contributed by atoms with van der Waals surface area (Å²) < 4.78 is 5.26. The van der Waals surface area contributed by atoms with E-state index >= 15 is 0 Å². The van der Waals surface area contributed by atoms with E-state index < -0.39 is 0 Å². The molecule has 0 aliphatic carbocycles.